The standard InChI is InChI=1S/C29H25FN6O4/c1-39-17-40-25-15-20(28(31)38)6-12-24(25)33-29-34-26-13-7-21(16-36(26)35-29)19-4-10-23(11-5-19)32-27(37)14-18-2-8-22(30)9-3-18/h2-13,15-16H,14,17H2,1H3,(H2,31,38)(H,32,37)(H,33,35). The average molecular weight is 541 g/mol. The van der Waals surface area contributed by atoms with Crippen LogP contribution < -0.4 is 21.1 Å². The zero-order valence-electron chi connectivity index (χ0n) is 21.4. The van der Waals surface area contributed by atoms with Crippen molar-refractivity contribution in [3.63, 3.8) is 0 Å². The van der Waals surface area contributed by atoms with E-state index in [1.165, 1.54) is 25.3 Å². The Morgan fingerprint density at radius 2 is 1.73 bits per heavy atom. The van der Waals surface area contributed by atoms with Gasteiger partial charge in [0.05, 0.1) is 12.1 Å². The molecule has 0 aliphatic rings. The van der Waals surface area contributed by atoms with Crippen LogP contribution in [0.4, 0.5) is 21.7 Å². The first kappa shape index (κ1) is 26.3. The summed E-state index contributed by atoms with van der Waals surface area (Å²) in [7, 11) is 1.49. The zero-order chi connectivity index (χ0) is 28.1. The molecule has 5 rings (SSSR count). The fourth-order valence-corrected chi connectivity index (χ4v) is 3.99. The molecule has 40 heavy (non-hydrogen) atoms. The van der Waals surface area contributed by atoms with Gasteiger partial charge in [-0.25, -0.2) is 8.91 Å². The van der Waals surface area contributed by atoms with E-state index in [1.807, 2.05) is 42.6 Å². The van der Waals surface area contributed by atoms with Gasteiger partial charge in [0, 0.05) is 30.1 Å². The van der Waals surface area contributed by atoms with Crippen LogP contribution in [0, 0.1) is 5.82 Å². The first-order valence-electron chi connectivity index (χ1n) is 12.2. The molecule has 0 unspecified atom stereocenters. The number of ether oxygens (including phenoxy) is 2. The SMILES string of the molecule is COCOc1cc(C(N)=O)ccc1Nc1nc2ccc(-c3ccc(NC(=O)Cc4ccc(F)cc4)cc3)cn2n1. The summed E-state index contributed by atoms with van der Waals surface area (Å²) in [6.45, 7) is -0.0183. The molecule has 0 radical (unpaired) electrons. The molecular formula is C29H25FN6O4. The van der Waals surface area contributed by atoms with Crippen molar-refractivity contribution < 1.29 is 23.5 Å². The van der Waals surface area contributed by atoms with Crippen LogP contribution in [0.15, 0.2) is 85.1 Å². The minimum Gasteiger partial charge on any atom is -0.465 e. The van der Waals surface area contributed by atoms with Crippen molar-refractivity contribution in [2.75, 3.05) is 24.5 Å². The fraction of sp³-hybridized carbons (Fsp3) is 0.103. The van der Waals surface area contributed by atoms with Crippen molar-refractivity contribution in [1.29, 1.82) is 0 Å². The predicted octanol–water partition coefficient (Wildman–Crippen LogP) is 4.54. The summed E-state index contributed by atoms with van der Waals surface area (Å²) in [6.07, 6.45) is 1.99. The number of anilines is 3. The number of fused-ring (bicyclic) bond motifs is 1. The minimum absolute atomic E-state index is 0.0183. The van der Waals surface area contributed by atoms with Crippen molar-refractivity contribution in [2.45, 2.75) is 6.42 Å². The van der Waals surface area contributed by atoms with Gasteiger partial charge in [-0.05, 0) is 65.7 Å². The van der Waals surface area contributed by atoms with Gasteiger partial charge in [-0.3, -0.25) is 9.59 Å². The molecule has 2 aromatic heterocycles. The van der Waals surface area contributed by atoms with E-state index in [1.54, 1.807) is 28.8 Å². The van der Waals surface area contributed by atoms with Crippen LogP contribution in [0.2, 0.25) is 0 Å². The van der Waals surface area contributed by atoms with Gasteiger partial charge in [-0.15, -0.1) is 5.10 Å². The van der Waals surface area contributed by atoms with E-state index in [0.29, 0.717) is 34.3 Å². The number of amides is 2. The van der Waals surface area contributed by atoms with Crippen molar-refractivity contribution in [3.05, 3.63) is 102 Å². The number of carbonyl (C=O) groups is 2. The Bertz CT molecular complexity index is 1670. The molecule has 0 saturated carbocycles. The number of hydrogen-bond donors (Lipinski definition) is 3. The molecule has 4 N–H and O–H groups in total. The first-order chi connectivity index (χ1) is 19.4. The molecule has 0 aliphatic carbocycles. The Morgan fingerprint density at radius 1 is 0.975 bits per heavy atom. The van der Waals surface area contributed by atoms with Gasteiger partial charge in [-0.2, -0.15) is 4.98 Å². The second-order valence-corrected chi connectivity index (χ2v) is 8.84. The number of benzene rings is 3. The molecule has 2 amide bonds. The lowest BCUT2D eigenvalue weighted by Gasteiger charge is -2.11. The fourth-order valence-electron chi connectivity index (χ4n) is 3.99. The number of nitrogens with one attached hydrogen (secondary N) is 2. The third-order valence-electron chi connectivity index (χ3n) is 5.96. The summed E-state index contributed by atoms with van der Waals surface area (Å²) >= 11 is 0. The number of nitrogens with two attached hydrogens (primary N) is 1. The minimum atomic E-state index is -0.576. The topological polar surface area (TPSA) is 133 Å². The first-order valence-corrected chi connectivity index (χ1v) is 12.2. The quantitative estimate of drug-likeness (QED) is 0.222. The monoisotopic (exact) mass is 540 g/mol. The van der Waals surface area contributed by atoms with E-state index in [0.717, 1.165) is 16.7 Å². The molecule has 0 bridgehead atoms. The van der Waals surface area contributed by atoms with Gasteiger partial charge in [0.2, 0.25) is 17.8 Å². The summed E-state index contributed by atoms with van der Waals surface area (Å²) in [5.41, 5.74) is 10.0. The molecular weight excluding hydrogens is 515 g/mol. The second kappa shape index (κ2) is 11.6. The lowest BCUT2D eigenvalue weighted by atomic mass is 10.1. The van der Waals surface area contributed by atoms with E-state index < -0.39 is 5.91 Å². The Morgan fingerprint density at radius 3 is 2.45 bits per heavy atom. The largest absolute Gasteiger partial charge is 0.465 e. The Balaban J connectivity index is 1.29. The van der Waals surface area contributed by atoms with Crippen molar-refractivity contribution >= 4 is 34.8 Å². The summed E-state index contributed by atoms with van der Waals surface area (Å²) in [4.78, 5) is 28.4. The highest BCUT2D eigenvalue weighted by atomic mass is 19.1. The molecule has 5 aromatic rings. The Kier molecular flexibility index (Phi) is 7.65. The third kappa shape index (κ3) is 6.22. The second-order valence-electron chi connectivity index (χ2n) is 8.84. The van der Waals surface area contributed by atoms with Crippen molar-refractivity contribution in [3.8, 4) is 16.9 Å². The molecule has 11 heteroatoms. The van der Waals surface area contributed by atoms with E-state index in [-0.39, 0.29) is 24.9 Å². The predicted molar refractivity (Wildman–Crippen MR) is 148 cm³/mol. The maximum atomic E-state index is 13.1. The molecule has 0 fully saturated rings. The average Bonchev–Trinajstić information content (AvgIpc) is 3.35. The number of pyridine rings is 1. The van der Waals surface area contributed by atoms with Crippen LogP contribution in [0.25, 0.3) is 16.8 Å². The zero-order valence-corrected chi connectivity index (χ0v) is 21.4. The highest BCUT2D eigenvalue weighted by molar-refractivity contribution is 5.94. The van der Waals surface area contributed by atoms with Gasteiger partial charge >= 0.3 is 0 Å². The number of primary amides is 1. The molecule has 202 valence electrons. The van der Waals surface area contributed by atoms with E-state index >= 15 is 0 Å². The normalized spacial score (nSPS) is 10.8. The summed E-state index contributed by atoms with van der Waals surface area (Å²) in [5, 5.41) is 10.5. The van der Waals surface area contributed by atoms with Crippen LogP contribution in [0.3, 0.4) is 0 Å². The van der Waals surface area contributed by atoms with Gasteiger partial charge < -0.3 is 25.8 Å². The van der Waals surface area contributed by atoms with Crippen LogP contribution in [0.1, 0.15) is 15.9 Å². The lowest BCUT2D eigenvalue weighted by Crippen LogP contribution is -2.14. The van der Waals surface area contributed by atoms with Crippen LogP contribution in [-0.2, 0) is 16.0 Å². The number of aromatic nitrogens is 3. The molecule has 2 heterocycles. The number of nitrogens with zero attached hydrogens (tertiary/aromatic N) is 3. The van der Waals surface area contributed by atoms with E-state index in [4.69, 9.17) is 15.2 Å². The summed E-state index contributed by atoms with van der Waals surface area (Å²) < 4.78 is 25.3. The number of methoxy groups -OCH3 is 1. The Hall–Kier alpha value is -5.29. The van der Waals surface area contributed by atoms with Crippen LogP contribution >= 0.6 is 0 Å². The number of halogens is 1. The van der Waals surface area contributed by atoms with Gasteiger partial charge in [-0.1, -0.05) is 24.3 Å². The Labute approximate surface area is 228 Å². The maximum absolute atomic E-state index is 13.1. The highest BCUT2D eigenvalue weighted by Crippen LogP contribution is 2.29. The third-order valence-corrected chi connectivity index (χ3v) is 5.96. The maximum Gasteiger partial charge on any atom is 0.248 e. The molecule has 0 spiro atoms. The summed E-state index contributed by atoms with van der Waals surface area (Å²) in [6, 6.07) is 21.8. The molecule has 3 aromatic carbocycles. The molecule has 0 aliphatic heterocycles. The molecule has 0 saturated heterocycles. The number of carbonyl (C=O) groups excluding carboxylic acids is 2. The smallest absolute Gasteiger partial charge is 0.248 e. The van der Waals surface area contributed by atoms with E-state index in [9.17, 15) is 14.0 Å². The van der Waals surface area contributed by atoms with Crippen molar-refractivity contribution in [1.82, 2.24) is 14.6 Å². The highest BCUT2D eigenvalue weighted by Gasteiger charge is 2.12. The van der Waals surface area contributed by atoms with Gasteiger partial charge in [0.25, 0.3) is 0 Å². The van der Waals surface area contributed by atoms with Crippen LogP contribution in [-0.4, -0.2) is 40.3 Å². The van der Waals surface area contributed by atoms with Crippen molar-refractivity contribution in [2.24, 2.45) is 5.73 Å². The number of rotatable bonds is 10. The molecule has 10 nitrogen and oxygen atoms in total. The molecule has 0 atom stereocenters. The van der Waals surface area contributed by atoms with Gasteiger partial charge in [0.15, 0.2) is 12.4 Å². The lowest BCUT2D eigenvalue weighted by molar-refractivity contribution is -0.115. The van der Waals surface area contributed by atoms with Gasteiger partial charge in [0.1, 0.15) is 11.6 Å². The number of hydrogen-bond acceptors (Lipinski definition) is 7. The summed E-state index contributed by atoms with van der Waals surface area (Å²) in [5.74, 6) is -0.418. The van der Waals surface area contributed by atoms with E-state index in [2.05, 4.69) is 20.7 Å². The van der Waals surface area contributed by atoms with Crippen LogP contribution in [0.5, 0.6) is 5.75 Å².